The van der Waals surface area contributed by atoms with Crippen molar-refractivity contribution < 1.29 is 16.8 Å². The van der Waals surface area contributed by atoms with Gasteiger partial charge < -0.3 is 0 Å². The first-order chi connectivity index (χ1) is 11.9. The summed E-state index contributed by atoms with van der Waals surface area (Å²) in [4.78, 5) is 0.278. The Kier molecular flexibility index (Phi) is 5.82. The molecule has 1 aromatic rings. The second-order valence-electron chi connectivity index (χ2n) is 6.89. The molecule has 2 aliphatic rings. The molecule has 6 nitrogen and oxygen atoms in total. The van der Waals surface area contributed by atoms with Gasteiger partial charge in [-0.2, -0.15) is 4.31 Å². The van der Waals surface area contributed by atoms with Crippen molar-refractivity contribution in [1.29, 1.82) is 0 Å². The number of nitrogens with one attached hydrogen (secondary N) is 1. The first-order valence-corrected chi connectivity index (χ1v) is 11.9. The molecule has 1 aliphatic heterocycles. The largest absolute Gasteiger partial charge is 0.243 e. The Morgan fingerprint density at radius 3 is 1.84 bits per heavy atom. The van der Waals surface area contributed by atoms with Crippen molar-refractivity contribution in [3.05, 3.63) is 24.3 Å². The van der Waals surface area contributed by atoms with E-state index in [0.717, 1.165) is 51.4 Å². The van der Waals surface area contributed by atoms with Gasteiger partial charge in [0.2, 0.25) is 20.0 Å². The van der Waals surface area contributed by atoms with Gasteiger partial charge in [0.15, 0.2) is 0 Å². The Morgan fingerprint density at radius 2 is 1.28 bits per heavy atom. The van der Waals surface area contributed by atoms with Gasteiger partial charge in [-0.3, -0.25) is 0 Å². The van der Waals surface area contributed by atoms with Gasteiger partial charge in [-0.25, -0.2) is 21.6 Å². The maximum atomic E-state index is 12.6. The molecular formula is C17H26N2O4S2. The molecule has 140 valence electrons. The van der Waals surface area contributed by atoms with E-state index in [9.17, 15) is 16.8 Å². The first kappa shape index (κ1) is 18.8. The summed E-state index contributed by atoms with van der Waals surface area (Å²) < 4.78 is 54.4. The zero-order valence-electron chi connectivity index (χ0n) is 14.4. The summed E-state index contributed by atoms with van der Waals surface area (Å²) in [7, 11) is -7.13. The lowest BCUT2D eigenvalue weighted by Gasteiger charge is -2.17. The zero-order chi connectivity index (χ0) is 17.9. The lowest BCUT2D eigenvalue weighted by Crippen LogP contribution is -2.34. The first-order valence-electron chi connectivity index (χ1n) is 9.02. The topological polar surface area (TPSA) is 83.5 Å². The average Bonchev–Trinajstić information content (AvgIpc) is 3.02. The summed E-state index contributed by atoms with van der Waals surface area (Å²) >= 11 is 0. The Morgan fingerprint density at radius 1 is 0.760 bits per heavy atom. The van der Waals surface area contributed by atoms with E-state index < -0.39 is 20.0 Å². The maximum absolute atomic E-state index is 12.6. The van der Waals surface area contributed by atoms with E-state index in [1.165, 1.54) is 28.6 Å². The van der Waals surface area contributed by atoms with E-state index in [1.807, 2.05) is 0 Å². The molecule has 1 heterocycles. The lowest BCUT2D eigenvalue weighted by molar-refractivity contribution is 0.477. The van der Waals surface area contributed by atoms with Crippen LogP contribution in [0.15, 0.2) is 34.1 Å². The summed E-state index contributed by atoms with van der Waals surface area (Å²) in [5.74, 6) is 0. The van der Waals surface area contributed by atoms with Crippen LogP contribution >= 0.6 is 0 Å². The molecular weight excluding hydrogens is 360 g/mol. The van der Waals surface area contributed by atoms with Crippen molar-refractivity contribution >= 4 is 20.0 Å². The van der Waals surface area contributed by atoms with Gasteiger partial charge in [-0.1, -0.05) is 25.7 Å². The van der Waals surface area contributed by atoms with Crippen LogP contribution in [0.5, 0.6) is 0 Å². The summed E-state index contributed by atoms with van der Waals surface area (Å²) in [5, 5.41) is 0. The maximum Gasteiger partial charge on any atom is 0.243 e. The molecule has 0 unspecified atom stereocenters. The molecule has 2 fully saturated rings. The highest BCUT2D eigenvalue weighted by molar-refractivity contribution is 7.89. The number of rotatable bonds is 5. The monoisotopic (exact) mass is 386 g/mol. The van der Waals surface area contributed by atoms with Crippen LogP contribution in [0.4, 0.5) is 0 Å². The van der Waals surface area contributed by atoms with Crippen LogP contribution in [-0.2, 0) is 20.0 Å². The average molecular weight is 387 g/mol. The summed E-state index contributed by atoms with van der Waals surface area (Å²) in [6.45, 7) is 1.07. The second kappa shape index (κ2) is 7.73. The molecule has 0 spiro atoms. The van der Waals surface area contributed by atoms with Crippen LogP contribution < -0.4 is 4.72 Å². The fourth-order valence-electron chi connectivity index (χ4n) is 3.55. The Labute approximate surface area is 150 Å². The smallest absolute Gasteiger partial charge is 0.208 e. The standard InChI is InChI=1S/C17H26N2O4S2/c20-24(21,18-15-7-3-1-2-4-8-15)16-9-11-17(12-10-16)25(22,23)19-13-5-6-14-19/h9-12,15,18H,1-8,13-14H2. The van der Waals surface area contributed by atoms with Crippen LogP contribution in [0.1, 0.15) is 51.4 Å². The van der Waals surface area contributed by atoms with Crippen LogP contribution in [0.3, 0.4) is 0 Å². The number of benzene rings is 1. The van der Waals surface area contributed by atoms with Crippen molar-refractivity contribution in [1.82, 2.24) is 9.03 Å². The van der Waals surface area contributed by atoms with Crippen LogP contribution in [0, 0.1) is 0 Å². The summed E-state index contributed by atoms with van der Waals surface area (Å²) in [5.41, 5.74) is 0. The van der Waals surface area contributed by atoms with E-state index in [0.29, 0.717) is 13.1 Å². The molecule has 3 rings (SSSR count). The molecule has 1 saturated heterocycles. The quantitative estimate of drug-likeness (QED) is 0.788. The molecule has 8 heteroatoms. The summed E-state index contributed by atoms with van der Waals surface area (Å²) in [6.07, 6.45) is 7.86. The van der Waals surface area contributed by atoms with Gasteiger partial charge in [0.1, 0.15) is 0 Å². The van der Waals surface area contributed by atoms with Gasteiger partial charge in [-0.15, -0.1) is 0 Å². The molecule has 0 aromatic heterocycles. The van der Waals surface area contributed by atoms with Gasteiger partial charge in [-0.05, 0) is 49.9 Å². The minimum Gasteiger partial charge on any atom is -0.208 e. The van der Waals surface area contributed by atoms with Crippen molar-refractivity contribution in [2.45, 2.75) is 67.2 Å². The van der Waals surface area contributed by atoms with E-state index in [2.05, 4.69) is 4.72 Å². The van der Waals surface area contributed by atoms with Gasteiger partial charge in [0, 0.05) is 19.1 Å². The van der Waals surface area contributed by atoms with E-state index in [4.69, 9.17) is 0 Å². The fourth-order valence-corrected chi connectivity index (χ4v) is 6.38. The van der Waals surface area contributed by atoms with E-state index in [1.54, 1.807) is 0 Å². The highest BCUT2D eigenvalue weighted by atomic mass is 32.2. The predicted molar refractivity (Wildman–Crippen MR) is 96.2 cm³/mol. The number of hydrogen-bond acceptors (Lipinski definition) is 4. The SMILES string of the molecule is O=S(=O)(NC1CCCCCC1)c1ccc(S(=O)(=O)N2CCCC2)cc1. The number of nitrogens with zero attached hydrogens (tertiary/aromatic N) is 1. The fraction of sp³-hybridized carbons (Fsp3) is 0.647. The van der Waals surface area contributed by atoms with Crippen molar-refractivity contribution in [2.24, 2.45) is 0 Å². The predicted octanol–water partition coefficient (Wildman–Crippen LogP) is 2.47. The van der Waals surface area contributed by atoms with Crippen LogP contribution in [0.2, 0.25) is 0 Å². The van der Waals surface area contributed by atoms with Crippen LogP contribution in [0.25, 0.3) is 0 Å². The Hall–Kier alpha value is -0.960. The molecule has 0 amide bonds. The number of hydrogen-bond donors (Lipinski definition) is 1. The number of sulfonamides is 2. The molecule has 1 aromatic carbocycles. The minimum atomic E-state index is -3.62. The van der Waals surface area contributed by atoms with Gasteiger partial charge in [0.25, 0.3) is 0 Å². The normalized spacial score (nSPS) is 21.3. The highest BCUT2D eigenvalue weighted by Crippen LogP contribution is 2.23. The summed E-state index contributed by atoms with van der Waals surface area (Å²) in [6, 6.07) is 5.55. The Bertz CT molecular complexity index is 774. The molecule has 0 atom stereocenters. The zero-order valence-corrected chi connectivity index (χ0v) is 16.0. The third kappa shape index (κ3) is 4.42. The van der Waals surface area contributed by atoms with Crippen molar-refractivity contribution in [3.63, 3.8) is 0 Å². The van der Waals surface area contributed by atoms with Gasteiger partial charge in [0.05, 0.1) is 9.79 Å². The van der Waals surface area contributed by atoms with E-state index in [-0.39, 0.29) is 15.8 Å². The molecule has 1 saturated carbocycles. The molecule has 1 N–H and O–H groups in total. The van der Waals surface area contributed by atoms with Crippen molar-refractivity contribution in [2.75, 3.05) is 13.1 Å². The third-order valence-corrected chi connectivity index (χ3v) is 8.46. The molecule has 25 heavy (non-hydrogen) atoms. The molecule has 0 radical (unpaired) electrons. The van der Waals surface area contributed by atoms with Gasteiger partial charge >= 0.3 is 0 Å². The Balaban J connectivity index is 1.74. The second-order valence-corrected chi connectivity index (χ2v) is 10.5. The third-order valence-electron chi connectivity index (χ3n) is 5.01. The van der Waals surface area contributed by atoms with E-state index >= 15 is 0 Å². The molecule has 0 bridgehead atoms. The van der Waals surface area contributed by atoms with Crippen molar-refractivity contribution in [3.8, 4) is 0 Å². The minimum absolute atomic E-state index is 0.0273. The van der Waals surface area contributed by atoms with Crippen LogP contribution in [-0.4, -0.2) is 40.3 Å². The highest BCUT2D eigenvalue weighted by Gasteiger charge is 2.28. The lowest BCUT2D eigenvalue weighted by atomic mass is 10.1. The molecule has 1 aliphatic carbocycles.